The number of hydrogen-bond acceptors (Lipinski definition) is 3. The van der Waals surface area contributed by atoms with Crippen molar-refractivity contribution in [3.63, 3.8) is 0 Å². The maximum absolute atomic E-state index is 6.24. The fraction of sp³-hybridized carbons (Fsp3) is 0.647. The Morgan fingerprint density at radius 2 is 2.30 bits per heavy atom. The van der Waals surface area contributed by atoms with Crippen LogP contribution >= 0.6 is 11.6 Å². The average molecular weight is 336 g/mol. The van der Waals surface area contributed by atoms with Gasteiger partial charge in [0, 0.05) is 38.9 Å². The lowest BCUT2D eigenvalue weighted by atomic mass is 10.1. The molecule has 5 nitrogen and oxygen atoms in total. The molecule has 23 heavy (non-hydrogen) atoms. The Kier molecular flexibility index (Phi) is 4.67. The molecule has 2 unspecified atom stereocenters. The van der Waals surface area contributed by atoms with Gasteiger partial charge in [-0.05, 0) is 36.3 Å². The van der Waals surface area contributed by atoms with E-state index in [0.29, 0.717) is 16.5 Å². The molecule has 3 rings (SSSR count). The van der Waals surface area contributed by atoms with Crippen LogP contribution in [0.15, 0.2) is 23.3 Å². The molecule has 0 spiro atoms. The molecule has 0 radical (unpaired) electrons. The molecule has 1 saturated carbocycles. The quantitative estimate of drug-likeness (QED) is 0.656. The van der Waals surface area contributed by atoms with Crippen LogP contribution in [-0.2, 0) is 0 Å². The number of aromatic nitrogens is 1. The average Bonchev–Trinajstić information content (AvgIpc) is 2.93. The van der Waals surface area contributed by atoms with Gasteiger partial charge in [-0.1, -0.05) is 25.4 Å². The van der Waals surface area contributed by atoms with Gasteiger partial charge in [0.15, 0.2) is 5.96 Å². The van der Waals surface area contributed by atoms with E-state index < -0.39 is 0 Å². The van der Waals surface area contributed by atoms with Gasteiger partial charge in [0.2, 0.25) is 0 Å². The molecule has 0 amide bonds. The number of guanidine groups is 1. The predicted octanol–water partition coefficient (Wildman–Crippen LogP) is 2.52. The van der Waals surface area contributed by atoms with Crippen molar-refractivity contribution < 1.29 is 0 Å². The monoisotopic (exact) mass is 335 g/mol. The lowest BCUT2D eigenvalue weighted by Gasteiger charge is -2.20. The molecule has 2 N–H and O–H groups in total. The Hall–Kier alpha value is -1.49. The Balaban J connectivity index is 1.50. The number of pyridine rings is 1. The summed E-state index contributed by atoms with van der Waals surface area (Å²) in [5, 5.41) is 7.69. The zero-order valence-electron chi connectivity index (χ0n) is 14.1. The minimum absolute atomic E-state index is 0.367. The topological polar surface area (TPSA) is 52.6 Å². The van der Waals surface area contributed by atoms with Crippen LogP contribution in [0.25, 0.3) is 0 Å². The van der Waals surface area contributed by atoms with E-state index in [9.17, 15) is 0 Å². The SMILES string of the molecule is CN=C(NCC1CC1(C)C)NC1CCN(c2ncccc2Cl)C1. The first-order valence-electron chi connectivity index (χ1n) is 8.32. The normalized spacial score (nSPS) is 26.3. The van der Waals surface area contributed by atoms with Gasteiger partial charge in [0.05, 0.1) is 5.02 Å². The van der Waals surface area contributed by atoms with Crippen molar-refractivity contribution in [1.29, 1.82) is 0 Å². The van der Waals surface area contributed by atoms with Crippen LogP contribution < -0.4 is 15.5 Å². The molecule has 1 aliphatic carbocycles. The molecule has 0 aromatic carbocycles. The molecule has 2 heterocycles. The highest BCUT2D eigenvalue weighted by molar-refractivity contribution is 6.32. The maximum Gasteiger partial charge on any atom is 0.191 e. The van der Waals surface area contributed by atoms with E-state index in [1.165, 1.54) is 6.42 Å². The van der Waals surface area contributed by atoms with E-state index >= 15 is 0 Å². The summed E-state index contributed by atoms with van der Waals surface area (Å²) in [6.07, 6.45) is 4.15. The second-order valence-electron chi connectivity index (χ2n) is 7.23. The summed E-state index contributed by atoms with van der Waals surface area (Å²) in [7, 11) is 1.83. The fourth-order valence-corrected chi connectivity index (χ4v) is 3.45. The van der Waals surface area contributed by atoms with Gasteiger partial charge < -0.3 is 15.5 Å². The van der Waals surface area contributed by atoms with Crippen LogP contribution in [0.5, 0.6) is 0 Å². The number of anilines is 1. The maximum atomic E-state index is 6.24. The molecule has 1 saturated heterocycles. The van der Waals surface area contributed by atoms with Gasteiger partial charge in [-0.25, -0.2) is 4.98 Å². The third-order valence-corrected chi connectivity index (χ3v) is 5.32. The molecular formula is C17H26ClN5. The van der Waals surface area contributed by atoms with Gasteiger partial charge in [-0.3, -0.25) is 4.99 Å². The van der Waals surface area contributed by atoms with Crippen molar-refractivity contribution in [3.8, 4) is 0 Å². The first-order valence-corrected chi connectivity index (χ1v) is 8.70. The van der Waals surface area contributed by atoms with Crippen molar-refractivity contribution in [1.82, 2.24) is 15.6 Å². The summed E-state index contributed by atoms with van der Waals surface area (Å²) < 4.78 is 0. The van der Waals surface area contributed by atoms with E-state index in [-0.39, 0.29) is 0 Å². The highest BCUT2D eigenvalue weighted by atomic mass is 35.5. The van der Waals surface area contributed by atoms with Crippen LogP contribution in [0, 0.1) is 11.3 Å². The Bertz CT molecular complexity index is 586. The lowest BCUT2D eigenvalue weighted by molar-refractivity contribution is 0.545. The molecular weight excluding hydrogens is 310 g/mol. The molecule has 1 aliphatic heterocycles. The van der Waals surface area contributed by atoms with Crippen molar-refractivity contribution in [2.24, 2.45) is 16.3 Å². The third-order valence-electron chi connectivity index (χ3n) is 5.02. The van der Waals surface area contributed by atoms with Gasteiger partial charge in [0.1, 0.15) is 5.82 Å². The predicted molar refractivity (Wildman–Crippen MR) is 96.3 cm³/mol. The summed E-state index contributed by atoms with van der Waals surface area (Å²) in [4.78, 5) is 11.0. The Morgan fingerprint density at radius 3 is 2.96 bits per heavy atom. The molecule has 0 bridgehead atoms. The number of nitrogens with one attached hydrogen (secondary N) is 2. The van der Waals surface area contributed by atoms with Crippen LogP contribution in [-0.4, -0.2) is 43.7 Å². The molecule has 126 valence electrons. The molecule has 6 heteroatoms. The van der Waals surface area contributed by atoms with Gasteiger partial charge in [-0.2, -0.15) is 0 Å². The second-order valence-corrected chi connectivity index (χ2v) is 7.63. The van der Waals surface area contributed by atoms with Crippen molar-refractivity contribution >= 4 is 23.4 Å². The molecule has 1 aromatic rings. The van der Waals surface area contributed by atoms with Crippen LogP contribution in [0.3, 0.4) is 0 Å². The second kappa shape index (κ2) is 6.56. The van der Waals surface area contributed by atoms with Gasteiger partial charge in [-0.15, -0.1) is 0 Å². The van der Waals surface area contributed by atoms with Crippen molar-refractivity contribution in [2.75, 3.05) is 31.6 Å². The minimum atomic E-state index is 0.367. The number of rotatable bonds is 4. The molecule has 2 atom stereocenters. The molecule has 1 aromatic heterocycles. The highest BCUT2D eigenvalue weighted by Gasteiger charge is 2.45. The summed E-state index contributed by atoms with van der Waals surface area (Å²) in [5.74, 6) is 2.53. The third kappa shape index (κ3) is 3.89. The number of nitrogens with zero attached hydrogens (tertiary/aromatic N) is 3. The van der Waals surface area contributed by atoms with E-state index in [1.807, 2.05) is 19.2 Å². The number of halogens is 1. The fourth-order valence-electron chi connectivity index (χ4n) is 3.21. The van der Waals surface area contributed by atoms with Crippen LogP contribution in [0.1, 0.15) is 26.7 Å². The van der Waals surface area contributed by atoms with E-state index in [1.54, 1.807) is 6.20 Å². The van der Waals surface area contributed by atoms with Crippen molar-refractivity contribution in [3.05, 3.63) is 23.4 Å². The van der Waals surface area contributed by atoms with Gasteiger partial charge >= 0.3 is 0 Å². The first kappa shape index (κ1) is 16.4. The van der Waals surface area contributed by atoms with Gasteiger partial charge in [0.25, 0.3) is 0 Å². The standard InChI is InChI=1S/C17H26ClN5/c1-17(2)9-12(17)10-21-16(19-3)22-13-6-8-23(11-13)15-14(18)5-4-7-20-15/h4-5,7,12-13H,6,8-11H2,1-3H3,(H2,19,21,22). The largest absolute Gasteiger partial charge is 0.356 e. The van der Waals surface area contributed by atoms with E-state index in [0.717, 1.165) is 43.8 Å². The minimum Gasteiger partial charge on any atom is -0.356 e. The lowest BCUT2D eigenvalue weighted by Crippen LogP contribution is -2.45. The molecule has 2 aliphatic rings. The number of aliphatic imine (C=N–C) groups is 1. The smallest absolute Gasteiger partial charge is 0.191 e. The zero-order chi connectivity index (χ0) is 16.4. The Morgan fingerprint density at radius 1 is 1.52 bits per heavy atom. The first-order chi connectivity index (χ1) is 11.0. The van der Waals surface area contributed by atoms with E-state index in [4.69, 9.17) is 11.6 Å². The van der Waals surface area contributed by atoms with Crippen LogP contribution in [0.4, 0.5) is 5.82 Å². The summed E-state index contributed by atoms with van der Waals surface area (Å²) in [6, 6.07) is 4.12. The summed E-state index contributed by atoms with van der Waals surface area (Å²) >= 11 is 6.24. The highest BCUT2D eigenvalue weighted by Crippen LogP contribution is 2.50. The summed E-state index contributed by atoms with van der Waals surface area (Å²) in [6.45, 7) is 7.49. The Labute approximate surface area is 143 Å². The number of hydrogen-bond donors (Lipinski definition) is 2. The van der Waals surface area contributed by atoms with E-state index in [2.05, 4.69) is 39.4 Å². The zero-order valence-corrected chi connectivity index (χ0v) is 14.9. The van der Waals surface area contributed by atoms with Crippen molar-refractivity contribution in [2.45, 2.75) is 32.7 Å². The summed E-state index contributed by atoms with van der Waals surface area (Å²) in [5.41, 5.74) is 0.492. The van der Waals surface area contributed by atoms with Crippen LogP contribution in [0.2, 0.25) is 5.02 Å². The molecule has 2 fully saturated rings.